The molecule has 0 radical (unpaired) electrons. The molecule has 82 valence electrons. The summed E-state index contributed by atoms with van der Waals surface area (Å²) in [6.45, 7) is 0.0850. The Morgan fingerprint density at radius 1 is 1.53 bits per heavy atom. The minimum absolute atomic E-state index is 0.00424. The number of nitro benzene ring substituents is 1. The van der Waals surface area contributed by atoms with Crippen LogP contribution in [0.2, 0.25) is 0 Å². The monoisotopic (exact) mass is 231 g/mol. The van der Waals surface area contributed by atoms with E-state index in [4.69, 9.17) is 21.1 Å². The van der Waals surface area contributed by atoms with E-state index in [1.807, 2.05) is 0 Å². The van der Waals surface area contributed by atoms with E-state index in [9.17, 15) is 10.1 Å². The van der Waals surface area contributed by atoms with E-state index >= 15 is 0 Å². The van der Waals surface area contributed by atoms with Crippen molar-refractivity contribution in [3.8, 4) is 5.75 Å². The van der Waals surface area contributed by atoms with Crippen molar-refractivity contribution in [1.29, 1.82) is 0 Å². The minimum atomic E-state index is -0.476. The number of hydrogen-bond donors (Lipinski definition) is 0. The number of methoxy groups -OCH3 is 1. The average Bonchev–Trinajstić information content (AvgIpc) is 2.25. The van der Waals surface area contributed by atoms with E-state index in [1.165, 1.54) is 25.3 Å². The molecule has 0 amide bonds. The molecule has 0 unspecified atom stereocenters. The Labute approximate surface area is 91.7 Å². The van der Waals surface area contributed by atoms with E-state index in [2.05, 4.69) is 0 Å². The first-order chi connectivity index (χ1) is 7.19. The number of non-ortho nitro benzene ring substituents is 1. The number of halogens is 1. The van der Waals surface area contributed by atoms with Crippen LogP contribution < -0.4 is 4.74 Å². The Morgan fingerprint density at radius 3 is 2.80 bits per heavy atom. The highest BCUT2D eigenvalue weighted by molar-refractivity contribution is 6.17. The molecular weight excluding hydrogens is 222 g/mol. The fourth-order valence-electron chi connectivity index (χ4n) is 1.05. The molecule has 0 N–H and O–H groups in total. The van der Waals surface area contributed by atoms with Crippen molar-refractivity contribution in [3.63, 3.8) is 0 Å². The van der Waals surface area contributed by atoms with Crippen molar-refractivity contribution in [2.45, 2.75) is 5.88 Å². The van der Waals surface area contributed by atoms with Crippen molar-refractivity contribution in [2.75, 3.05) is 13.9 Å². The number of alkyl halides is 1. The minimum Gasteiger partial charge on any atom is -0.467 e. The molecule has 1 rings (SSSR count). The van der Waals surface area contributed by atoms with Crippen molar-refractivity contribution in [2.24, 2.45) is 0 Å². The zero-order valence-electron chi connectivity index (χ0n) is 8.10. The smallest absolute Gasteiger partial charge is 0.270 e. The molecule has 0 aliphatic carbocycles. The van der Waals surface area contributed by atoms with Gasteiger partial charge in [-0.05, 0) is 6.07 Å². The standard InChI is InChI=1S/C9H10ClNO4/c1-14-6-15-9-3-2-8(11(12)13)4-7(9)5-10/h2-4H,5-6H2,1H3. The SMILES string of the molecule is COCOc1ccc([N+](=O)[O-])cc1CCl. The first kappa shape index (κ1) is 11.7. The maximum Gasteiger partial charge on any atom is 0.270 e. The van der Waals surface area contributed by atoms with Gasteiger partial charge in [-0.25, -0.2) is 0 Å². The summed E-state index contributed by atoms with van der Waals surface area (Å²) in [6.07, 6.45) is 0. The quantitative estimate of drug-likeness (QED) is 0.338. The van der Waals surface area contributed by atoms with Gasteiger partial charge in [0.05, 0.1) is 10.8 Å². The van der Waals surface area contributed by atoms with Crippen LogP contribution >= 0.6 is 11.6 Å². The maximum absolute atomic E-state index is 10.5. The summed E-state index contributed by atoms with van der Waals surface area (Å²) in [7, 11) is 1.49. The van der Waals surface area contributed by atoms with Gasteiger partial charge in [0.25, 0.3) is 5.69 Å². The topological polar surface area (TPSA) is 61.6 Å². The summed E-state index contributed by atoms with van der Waals surface area (Å²) in [4.78, 5) is 10.0. The van der Waals surface area contributed by atoms with Gasteiger partial charge in [0.2, 0.25) is 0 Å². The van der Waals surface area contributed by atoms with Crippen LogP contribution in [0.4, 0.5) is 5.69 Å². The normalized spacial score (nSPS) is 10.0. The third kappa shape index (κ3) is 3.07. The molecule has 0 aliphatic heterocycles. The predicted octanol–water partition coefficient (Wildman–Crippen LogP) is 2.32. The van der Waals surface area contributed by atoms with Crippen molar-refractivity contribution in [3.05, 3.63) is 33.9 Å². The van der Waals surface area contributed by atoms with E-state index in [-0.39, 0.29) is 18.4 Å². The number of benzene rings is 1. The van der Waals surface area contributed by atoms with Crippen LogP contribution in [-0.2, 0) is 10.6 Å². The van der Waals surface area contributed by atoms with E-state index in [1.54, 1.807) is 0 Å². The molecule has 0 fully saturated rings. The molecule has 0 saturated carbocycles. The molecule has 1 aromatic rings. The molecule has 15 heavy (non-hydrogen) atoms. The fourth-order valence-corrected chi connectivity index (χ4v) is 1.26. The Hall–Kier alpha value is -1.33. The van der Waals surface area contributed by atoms with Crippen LogP contribution in [-0.4, -0.2) is 18.8 Å². The van der Waals surface area contributed by atoms with Crippen LogP contribution in [0.1, 0.15) is 5.56 Å². The number of hydrogen-bond acceptors (Lipinski definition) is 4. The third-order valence-electron chi connectivity index (χ3n) is 1.73. The predicted molar refractivity (Wildman–Crippen MR) is 55.2 cm³/mol. The summed E-state index contributed by atoms with van der Waals surface area (Å²) >= 11 is 5.64. The van der Waals surface area contributed by atoms with Crippen LogP contribution in [0.5, 0.6) is 5.75 Å². The largest absolute Gasteiger partial charge is 0.467 e. The molecule has 0 saturated heterocycles. The van der Waals surface area contributed by atoms with Crippen LogP contribution in [0.15, 0.2) is 18.2 Å². The van der Waals surface area contributed by atoms with Gasteiger partial charge in [-0.1, -0.05) is 0 Å². The Kier molecular flexibility index (Phi) is 4.33. The second kappa shape index (κ2) is 5.53. The molecule has 0 heterocycles. The fraction of sp³-hybridized carbons (Fsp3) is 0.333. The third-order valence-corrected chi connectivity index (χ3v) is 2.02. The van der Waals surface area contributed by atoms with Crippen LogP contribution in [0, 0.1) is 10.1 Å². The highest BCUT2D eigenvalue weighted by Crippen LogP contribution is 2.25. The van der Waals surface area contributed by atoms with Gasteiger partial charge in [-0.2, -0.15) is 0 Å². The van der Waals surface area contributed by atoms with Crippen molar-refractivity contribution < 1.29 is 14.4 Å². The summed E-state index contributed by atoms with van der Waals surface area (Å²) in [5, 5.41) is 10.5. The molecule has 5 nitrogen and oxygen atoms in total. The van der Waals surface area contributed by atoms with E-state index in [0.717, 1.165) is 0 Å². The Bertz CT molecular complexity index is 356. The van der Waals surface area contributed by atoms with Gasteiger partial charge in [0, 0.05) is 24.8 Å². The molecule has 0 atom stereocenters. The van der Waals surface area contributed by atoms with Gasteiger partial charge < -0.3 is 9.47 Å². The summed E-state index contributed by atoms with van der Waals surface area (Å²) in [5.41, 5.74) is 0.568. The molecule has 0 aliphatic rings. The second-order valence-corrected chi connectivity index (χ2v) is 3.00. The lowest BCUT2D eigenvalue weighted by Crippen LogP contribution is -2.01. The first-order valence-electron chi connectivity index (χ1n) is 4.14. The summed E-state index contributed by atoms with van der Waals surface area (Å²) in [6, 6.07) is 4.26. The highest BCUT2D eigenvalue weighted by Gasteiger charge is 2.10. The van der Waals surface area contributed by atoms with Crippen LogP contribution in [0.25, 0.3) is 0 Å². The molecule has 1 aromatic carbocycles. The van der Waals surface area contributed by atoms with Gasteiger partial charge in [0.1, 0.15) is 5.75 Å². The zero-order valence-corrected chi connectivity index (χ0v) is 8.86. The second-order valence-electron chi connectivity index (χ2n) is 2.73. The Morgan fingerprint density at radius 2 is 2.27 bits per heavy atom. The lowest BCUT2D eigenvalue weighted by molar-refractivity contribution is -0.384. The number of rotatable bonds is 5. The van der Waals surface area contributed by atoms with Gasteiger partial charge >= 0.3 is 0 Å². The van der Waals surface area contributed by atoms with Gasteiger partial charge in [0.15, 0.2) is 6.79 Å². The maximum atomic E-state index is 10.5. The van der Waals surface area contributed by atoms with Crippen molar-refractivity contribution in [1.82, 2.24) is 0 Å². The van der Waals surface area contributed by atoms with E-state index < -0.39 is 4.92 Å². The zero-order chi connectivity index (χ0) is 11.3. The van der Waals surface area contributed by atoms with Crippen LogP contribution in [0.3, 0.4) is 0 Å². The van der Waals surface area contributed by atoms with E-state index in [0.29, 0.717) is 11.3 Å². The summed E-state index contributed by atoms with van der Waals surface area (Å²) < 4.78 is 9.91. The molecule has 0 spiro atoms. The van der Waals surface area contributed by atoms with Crippen molar-refractivity contribution >= 4 is 17.3 Å². The lowest BCUT2D eigenvalue weighted by Gasteiger charge is -2.08. The first-order valence-corrected chi connectivity index (χ1v) is 4.67. The van der Waals surface area contributed by atoms with Gasteiger partial charge in [-0.3, -0.25) is 10.1 Å². The molecule has 6 heteroatoms. The van der Waals surface area contributed by atoms with Gasteiger partial charge in [-0.15, -0.1) is 11.6 Å². The lowest BCUT2D eigenvalue weighted by atomic mass is 10.2. The number of ether oxygens (including phenoxy) is 2. The molecular formula is C9H10ClNO4. The average molecular weight is 232 g/mol. The highest BCUT2D eigenvalue weighted by atomic mass is 35.5. The molecule has 0 aromatic heterocycles. The number of nitro groups is 1. The Balaban J connectivity index is 2.93. The number of nitrogens with zero attached hydrogens (tertiary/aromatic N) is 1. The molecule has 0 bridgehead atoms. The summed E-state index contributed by atoms with van der Waals surface area (Å²) in [5.74, 6) is 0.651.